The molecule has 0 aliphatic carbocycles. The molecule has 0 bridgehead atoms. The van der Waals surface area contributed by atoms with Gasteiger partial charge in [0.1, 0.15) is 17.8 Å². The van der Waals surface area contributed by atoms with E-state index in [1.54, 1.807) is 30.3 Å². The number of phenols is 2. The van der Waals surface area contributed by atoms with Crippen molar-refractivity contribution < 1.29 is 15.0 Å². The summed E-state index contributed by atoms with van der Waals surface area (Å²) >= 11 is 0. The van der Waals surface area contributed by atoms with E-state index < -0.39 is 0 Å². The molecule has 0 atom stereocenters. The molecule has 0 aromatic heterocycles. The van der Waals surface area contributed by atoms with Gasteiger partial charge in [-0.25, -0.2) is 0 Å². The van der Waals surface area contributed by atoms with Gasteiger partial charge in [-0.05, 0) is 17.7 Å². The lowest BCUT2D eigenvalue weighted by Crippen LogP contribution is -1.83. The Morgan fingerprint density at radius 3 is 1.94 bits per heavy atom. The molecule has 2 N–H and O–H groups in total. The summed E-state index contributed by atoms with van der Waals surface area (Å²) in [4.78, 5) is 10.5. The zero-order chi connectivity index (χ0) is 11.5. The van der Waals surface area contributed by atoms with Gasteiger partial charge >= 0.3 is 0 Å². The number of aromatic hydroxyl groups is 2. The second-order valence-corrected chi connectivity index (χ2v) is 3.41. The summed E-state index contributed by atoms with van der Waals surface area (Å²) in [6.07, 6.45) is 0.745. The summed E-state index contributed by atoms with van der Waals surface area (Å²) < 4.78 is 0. The molecular weight excluding hydrogens is 204 g/mol. The van der Waals surface area contributed by atoms with E-state index in [1.165, 1.54) is 12.1 Å². The summed E-state index contributed by atoms with van der Waals surface area (Å²) in [5.41, 5.74) is 1.60. The average Bonchev–Trinajstić information content (AvgIpc) is 2.30. The molecule has 0 saturated carbocycles. The third-order valence-electron chi connectivity index (χ3n) is 2.36. The first-order chi connectivity index (χ1) is 7.72. The highest BCUT2D eigenvalue weighted by atomic mass is 16.3. The van der Waals surface area contributed by atoms with Crippen LogP contribution in [0, 0.1) is 0 Å². The van der Waals surface area contributed by atoms with Gasteiger partial charge < -0.3 is 10.2 Å². The van der Waals surface area contributed by atoms with Gasteiger partial charge in [0.2, 0.25) is 0 Å². The summed E-state index contributed by atoms with van der Waals surface area (Å²) in [5.74, 6) is 0.0257. The smallest absolute Gasteiger partial charge is 0.150 e. The maximum Gasteiger partial charge on any atom is 0.150 e. The molecule has 16 heavy (non-hydrogen) atoms. The first kappa shape index (κ1) is 10.2. The Hall–Kier alpha value is -2.29. The first-order valence-electron chi connectivity index (χ1n) is 4.79. The molecule has 2 rings (SSSR count). The SMILES string of the molecule is O=Cc1ccc(-c2c(O)cccc2O)cc1. The van der Waals surface area contributed by atoms with Gasteiger partial charge in [-0.15, -0.1) is 0 Å². The molecule has 0 spiro atoms. The Labute approximate surface area is 92.6 Å². The van der Waals surface area contributed by atoms with Crippen molar-refractivity contribution in [3.05, 3.63) is 48.0 Å². The fraction of sp³-hybridized carbons (Fsp3) is 0. The molecule has 0 radical (unpaired) electrons. The van der Waals surface area contributed by atoms with Crippen molar-refractivity contribution in [3.63, 3.8) is 0 Å². The Morgan fingerprint density at radius 1 is 0.875 bits per heavy atom. The molecule has 0 fully saturated rings. The quantitative estimate of drug-likeness (QED) is 0.755. The molecule has 0 saturated heterocycles. The largest absolute Gasteiger partial charge is 0.507 e. The lowest BCUT2D eigenvalue weighted by atomic mass is 10.0. The highest BCUT2D eigenvalue weighted by molar-refractivity contribution is 5.80. The zero-order valence-electron chi connectivity index (χ0n) is 8.42. The van der Waals surface area contributed by atoms with Crippen molar-refractivity contribution in [3.8, 4) is 22.6 Å². The highest BCUT2D eigenvalue weighted by Crippen LogP contribution is 2.36. The Morgan fingerprint density at radius 2 is 1.44 bits per heavy atom. The molecule has 3 nitrogen and oxygen atoms in total. The normalized spacial score (nSPS) is 10.0. The van der Waals surface area contributed by atoms with Crippen LogP contribution in [-0.2, 0) is 0 Å². The highest BCUT2D eigenvalue weighted by Gasteiger charge is 2.08. The fourth-order valence-electron chi connectivity index (χ4n) is 1.55. The van der Waals surface area contributed by atoms with Crippen LogP contribution in [0.2, 0.25) is 0 Å². The van der Waals surface area contributed by atoms with Gasteiger partial charge in [-0.1, -0.05) is 30.3 Å². The van der Waals surface area contributed by atoms with Crippen molar-refractivity contribution in [2.45, 2.75) is 0 Å². The fourth-order valence-corrected chi connectivity index (χ4v) is 1.55. The minimum Gasteiger partial charge on any atom is -0.507 e. The number of rotatable bonds is 2. The number of carbonyl (C=O) groups excluding carboxylic acids is 1. The van der Waals surface area contributed by atoms with Crippen molar-refractivity contribution in [2.24, 2.45) is 0 Å². The summed E-state index contributed by atoms with van der Waals surface area (Å²) in [6.45, 7) is 0. The van der Waals surface area contributed by atoms with E-state index >= 15 is 0 Å². The van der Waals surface area contributed by atoms with Crippen LogP contribution in [0.5, 0.6) is 11.5 Å². The van der Waals surface area contributed by atoms with Gasteiger partial charge in [0.15, 0.2) is 0 Å². The van der Waals surface area contributed by atoms with Crippen molar-refractivity contribution in [1.29, 1.82) is 0 Å². The van der Waals surface area contributed by atoms with Gasteiger partial charge in [-0.3, -0.25) is 4.79 Å². The lowest BCUT2D eigenvalue weighted by Gasteiger charge is -2.06. The van der Waals surface area contributed by atoms with E-state index in [0.29, 0.717) is 16.7 Å². The van der Waals surface area contributed by atoms with Crippen LogP contribution in [-0.4, -0.2) is 16.5 Å². The second kappa shape index (κ2) is 4.06. The maximum atomic E-state index is 10.5. The van der Waals surface area contributed by atoms with Gasteiger partial charge in [0.25, 0.3) is 0 Å². The van der Waals surface area contributed by atoms with Gasteiger partial charge in [0, 0.05) is 5.56 Å². The zero-order valence-corrected chi connectivity index (χ0v) is 8.42. The third-order valence-corrected chi connectivity index (χ3v) is 2.36. The molecule has 2 aromatic rings. The van der Waals surface area contributed by atoms with E-state index in [9.17, 15) is 15.0 Å². The van der Waals surface area contributed by atoms with Crippen LogP contribution in [0.15, 0.2) is 42.5 Å². The van der Waals surface area contributed by atoms with Crippen LogP contribution in [0.4, 0.5) is 0 Å². The van der Waals surface area contributed by atoms with E-state index in [2.05, 4.69) is 0 Å². The second-order valence-electron chi connectivity index (χ2n) is 3.41. The van der Waals surface area contributed by atoms with Crippen molar-refractivity contribution in [2.75, 3.05) is 0 Å². The van der Waals surface area contributed by atoms with Gasteiger partial charge in [0.05, 0.1) is 5.56 Å². The molecule has 0 amide bonds. The van der Waals surface area contributed by atoms with E-state index in [-0.39, 0.29) is 11.5 Å². The average molecular weight is 214 g/mol. The van der Waals surface area contributed by atoms with Crippen LogP contribution in [0.3, 0.4) is 0 Å². The van der Waals surface area contributed by atoms with Crippen molar-refractivity contribution >= 4 is 6.29 Å². The van der Waals surface area contributed by atoms with Gasteiger partial charge in [-0.2, -0.15) is 0 Å². The molecule has 80 valence electrons. The predicted molar refractivity (Wildman–Crippen MR) is 60.6 cm³/mol. The van der Waals surface area contributed by atoms with Crippen LogP contribution >= 0.6 is 0 Å². The van der Waals surface area contributed by atoms with Crippen molar-refractivity contribution in [1.82, 2.24) is 0 Å². The monoisotopic (exact) mass is 214 g/mol. The minimum absolute atomic E-state index is 0.0128. The minimum atomic E-state index is 0.0128. The van der Waals surface area contributed by atoms with Crippen LogP contribution in [0.1, 0.15) is 10.4 Å². The Bertz CT molecular complexity index is 495. The molecule has 3 heteroatoms. The summed E-state index contributed by atoms with van der Waals surface area (Å²) in [6, 6.07) is 11.2. The number of hydrogen-bond acceptors (Lipinski definition) is 3. The molecule has 0 unspecified atom stereocenters. The number of hydrogen-bond donors (Lipinski definition) is 2. The molecule has 0 aliphatic heterocycles. The maximum absolute atomic E-state index is 10.5. The number of carbonyl (C=O) groups is 1. The summed E-state index contributed by atoms with van der Waals surface area (Å²) in [7, 11) is 0. The number of benzene rings is 2. The molecule has 2 aromatic carbocycles. The Kier molecular flexibility index (Phi) is 2.60. The van der Waals surface area contributed by atoms with Crippen LogP contribution in [0.25, 0.3) is 11.1 Å². The van der Waals surface area contributed by atoms with E-state index in [4.69, 9.17) is 0 Å². The summed E-state index contributed by atoms with van der Waals surface area (Å²) in [5, 5.41) is 19.3. The molecule has 0 aliphatic rings. The third kappa shape index (κ3) is 1.75. The number of phenolic OH excluding ortho intramolecular Hbond substituents is 2. The van der Waals surface area contributed by atoms with Crippen LogP contribution < -0.4 is 0 Å². The van der Waals surface area contributed by atoms with E-state index in [0.717, 1.165) is 6.29 Å². The lowest BCUT2D eigenvalue weighted by molar-refractivity contribution is 0.112. The predicted octanol–water partition coefficient (Wildman–Crippen LogP) is 2.58. The number of aldehydes is 1. The van der Waals surface area contributed by atoms with E-state index in [1.807, 2.05) is 0 Å². The standard InChI is InChI=1S/C13H10O3/c14-8-9-4-6-10(7-5-9)13-11(15)2-1-3-12(13)16/h1-8,15-16H. The molecular formula is C13H10O3. The topological polar surface area (TPSA) is 57.5 Å². The first-order valence-corrected chi connectivity index (χ1v) is 4.79. The Balaban J connectivity index is 2.54. The molecule has 0 heterocycles.